The van der Waals surface area contributed by atoms with Gasteiger partial charge in [0.25, 0.3) is 0 Å². The molecule has 1 aromatic carbocycles. The molecule has 1 aromatic rings. The molecule has 0 saturated carbocycles. The number of rotatable bonds is 6. The number of benzene rings is 1. The van der Waals surface area contributed by atoms with E-state index in [1.54, 1.807) is 0 Å². The summed E-state index contributed by atoms with van der Waals surface area (Å²) in [5.74, 6) is 1.28. The van der Waals surface area contributed by atoms with Crippen molar-refractivity contribution in [1.82, 2.24) is 0 Å². The van der Waals surface area contributed by atoms with Crippen LogP contribution in [0.5, 0.6) is 0 Å². The van der Waals surface area contributed by atoms with Gasteiger partial charge in [-0.1, -0.05) is 51.1 Å². The van der Waals surface area contributed by atoms with Crippen molar-refractivity contribution < 1.29 is 4.74 Å². The zero-order valence-electron chi connectivity index (χ0n) is 10.9. The van der Waals surface area contributed by atoms with Gasteiger partial charge in [-0.3, -0.25) is 0 Å². The third-order valence-electron chi connectivity index (χ3n) is 3.04. The monoisotopic (exact) mass is 220 g/mol. The second-order valence-electron chi connectivity index (χ2n) is 5.07. The zero-order valence-corrected chi connectivity index (χ0v) is 10.9. The van der Waals surface area contributed by atoms with Crippen molar-refractivity contribution in [2.45, 2.75) is 39.7 Å². The van der Waals surface area contributed by atoms with Gasteiger partial charge < -0.3 is 4.74 Å². The first-order valence-corrected chi connectivity index (χ1v) is 6.20. The Balaban J connectivity index is 2.52. The quantitative estimate of drug-likeness (QED) is 0.706. The average Bonchev–Trinajstić information content (AvgIpc) is 2.26. The van der Waals surface area contributed by atoms with E-state index in [0.717, 1.165) is 12.8 Å². The summed E-state index contributed by atoms with van der Waals surface area (Å²) in [6.45, 7) is 6.78. The second-order valence-corrected chi connectivity index (χ2v) is 5.07. The zero-order chi connectivity index (χ0) is 12.0. The molecule has 0 aliphatic heterocycles. The molecule has 1 rings (SSSR count). The molecule has 0 unspecified atom stereocenters. The first-order valence-electron chi connectivity index (χ1n) is 6.20. The van der Waals surface area contributed by atoms with Crippen LogP contribution >= 0.6 is 0 Å². The third-order valence-corrected chi connectivity index (χ3v) is 3.04. The second kappa shape index (κ2) is 6.70. The number of methoxy groups -OCH3 is 1. The molecule has 0 saturated heterocycles. The van der Waals surface area contributed by atoms with Gasteiger partial charge in [0.2, 0.25) is 0 Å². The van der Waals surface area contributed by atoms with Gasteiger partial charge in [0.15, 0.2) is 0 Å². The van der Waals surface area contributed by atoms with Gasteiger partial charge in [-0.05, 0) is 30.2 Å². The van der Waals surface area contributed by atoms with E-state index in [9.17, 15) is 0 Å². The highest BCUT2D eigenvalue weighted by Crippen LogP contribution is 2.20. The van der Waals surface area contributed by atoms with E-state index in [-0.39, 0.29) is 0 Å². The third kappa shape index (κ3) is 4.36. The Labute approximate surface area is 99.8 Å². The van der Waals surface area contributed by atoms with Crippen LogP contribution in [-0.4, -0.2) is 13.2 Å². The summed E-state index contributed by atoms with van der Waals surface area (Å²) in [4.78, 5) is 0. The fraction of sp³-hybridized carbons (Fsp3) is 0.600. The van der Waals surface area contributed by atoms with Gasteiger partial charge in [-0.15, -0.1) is 0 Å². The summed E-state index contributed by atoms with van der Waals surface area (Å²) in [5.41, 5.74) is 1.40. The lowest BCUT2D eigenvalue weighted by molar-refractivity contribution is 0.0423. The van der Waals surface area contributed by atoms with E-state index in [1.807, 2.05) is 7.11 Å². The summed E-state index contributed by atoms with van der Waals surface area (Å²) in [7, 11) is 1.83. The van der Waals surface area contributed by atoms with Crippen LogP contribution in [0.4, 0.5) is 0 Å². The van der Waals surface area contributed by atoms with Crippen molar-refractivity contribution in [3.05, 3.63) is 35.9 Å². The Morgan fingerprint density at radius 3 is 2.19 bits per heavy atom. The van der Waals surface area contributed by atoms with E-state index in [1.165, 1.54) is 5.56 Å². The minimum absolute atomic E-state index is 0.375. The molecule has 0 radical (unpaired) electrons. The Morgan fingerprint density at radius 1 is 1.06 bits per heavy atom. The van der Waals surface area contributed by atoms with Crippen molar-refractivity contribution in [3.63, 3.8) is 0 Å². The number of ether oxygens (including phenoxy) is 1. The lowest BCUT2D eigenvalue weighted by atomic mass is 9.90. The van der Waals surface area contributed by atoms with Gasteiger partial charge in [0.05, 0.1) is 6.10 Å². The Kier molecular flexibility index (Phi) is 5.54. The maximum absolute atomic E-state index is 5.60. The lowest BCUT2D eigenvalue weighted by Crippen LogP contribution is -2.24. The summed E-state index contributed by atoms with van der Waals surface area (Å²) in [6.07, 6.45) is 2.62. The summed E-state index contributed by atoms with van der Waals surface area (Å²) < 4.78 is 5.60. The summed E-state index contributed by atoms with van der Waals surface area (Å²) >= 11 is 0. The van der Waals surface area contributed by atoms with Gasteiger partial charge in [-0.25, -0.2) is 0 Å². The first-order chi connectivity index (χ1) is 7.63. The highest BCUT2D eigenvalue weighted by Gasteiger charge is 2.18. The van der Waals surface area contributed by atoms with Crippen LogP contribution in [0, 0.1) is 11.8 Å². The van der Waals surface area contributed by atoms with Crippen molar-refractivity contribution in [1.29, 1.82) is 0 Å². The minimum atomic E-state index is 0.375. The smallest absolute Gasteiger partial charge is 0.0602 e. The standard InChI is InChI=1S/C15H24O/c1-12(2)10-15(16-4)13(3)11-14-8-6-5-7-9-14/h5-9,12-13,15H,10-11H2,1-4H3/t13-,15+/m0/s1. The molecule has 0 aromatic heterocycles. The lowest BCUT2D eigenvalue weighted by Gasteiger charge is -2.24. The van der Waals surface area contributed by atoms with Crippen LogP contribution in [0.2, 0.25) is 0 Å². The molecule has 0 fully saturated rings. The fourth-order valence-corrected chi connectivity index (χ4v) is 2.14. The van der Waals surface area contributed by atoms with E-state index in [0.29, 0.717) is 17.9 Å². The van der Waals surface area contributed by atoms with Crippen LogP contribution in [0.3, 0.4) is 0 Å². The van der Waals surface area contributed by atoms with E-state index in [2.05, 4.69) is 51.1 Å². The molecular formula is C15H24O. The van der Waals surface area contributed by atoms with Gasteiger partial charge >= 0.3 is 0 Å². The van der Waals surface area contributed by atoms with Crippen molar-refractivity contribution in [2.75, 3.05) is 7.11 Å². The molecule has 16 heavy (non-hydrogen) atoms. The molecule has 0 aliphatic carbocycles. The topological polar surface area (TPSA) is 9.23 Å². The molecule has 0 aliphatic rings. The normalized spacial score (nSPS) is 15.1. The van der Waals surface area contributed by atoms with Gasteiger partial charge in [-0.2, -0.15) is 0 Å². The first kappa shape index (κ1) is 13.2. The molecular weight excluding hydrogens is 196 g/mol. The Bertz CT molecular complexity index is 279. The molecule has 0 N–H and O–H groups in total. The summed E-state index contributed by atoms with van der Waals surface area (Å²) in [5, 5.41) is 0. The van der Waals surface area contributed by atoms with Crippen LogP contribution < -0.4 is 0 Å². The van der Waals surface area contributed by atoms with Crippen LogP contribution in [0.25, 0.3) is 0 Å². The average molecular weight is 220 g/mol. The summed E-state index contributed by atoms with van der Waals surface area (Å²) in [6, 6.07) is 10.7. The number of hydrogen-bond donors (Lipinski definition) is 0. The molecule has 1 heteroatoms. The Morgan fingerprint density at radius 2 is 1.69 bits per heavy atom. The predicted octanol–water partition coefficient (Wildman–Crippen LogP) is 3.93. The number of hydrogen-bond acceptors (Lipinski definition) is 1. The molecule has 0 spiro atoms. The van der Waals surface area contributed by atoms with Crippen LogP contribution in [-0.2, 0) is 11.2 Å². The SMILES string of the molecule is CO[C@H](CC(C)C)[C@@H](C)Cc1ccccc1. The van der Waals surface area contributed by atoms with Crippen molar-refractivity contribution >= 4 is 0 Å². The van der Waals surface area contributed by atoms with E-state index >= 15 is 0 Å². The highest BCUT2D eigenvalue weighted by molar-refractivity contribution is 5.15. The maximum Gasteiger partial charge on any atom is 0.0602 e. The highest BCUT2D eigenvalue weighted by atomic mass is 16.5. The Hall–Kier alpha value is -0.820. The molecule has 0 amide bonds. The fourth-order valence-electron chi connectivity index (χ4n) is 2.14. The molecule has 2 atom stereocenters. The molecule has 90 valence electrons. The van der Waals surface area contributed by atoms with Crippen molar-refractivity contribution in [2.24, 2.45) is 11.8 Å². The maximum atomic E-state index is 5.60. The largest absolute Gasteiger partial charge is 0.381 e. The van der Waals surface area contributed by atoms with Crippen molar-refractivity contribution in [3.8, 4) is 0 Å². The van der Waals surface area contributed by atoms with Gasteiger partial charge in [0.1, 0.15) is 0 Å². The van der Waals surface area contributed by atoms with Gasteiger partial charge in [0, 0.05) is 7.11 Å². The van der Waals surface area contributed by atoms with Crippen LogP contribution in [0.1, 0.15) is 32.8 Å². The molecule has 1 nitrogen and oxygen atoms in total. The molecule has 0 bridgehead atoms. The molecule has 0 heterocycles. The minimum Gasteiger partial charge on any atom is -0.381 e. The van der Waals surface area contributed by atoms with E-state index in [4.69, 9.17) is 4.74 Å². The predicted molar refractivity (Wildman–Crippen MR) is 69.6 cm³/mol. The van der Waals surface area contributed by atoms with Crippen LogP contribution in [0.15, 0.2) is 30.3 Å². The van der Waals surface area contributed by atoms with E-state index < -0.39 is 0 Å².